The van der Waals surface area contributed by atoms with Crippen LogP contribution in [0.25, 0.3) is 0 Å². The van der Waals surface area contributed by atoms with Crippen LogP contribution in [0.1, 0.15) is 21.5 Å². The first kappa shape index (κ1) is 13.3. The molecule has 0 aliphatic carbocycles. The van der Waals surface area contributed by atoms with Crippen LogP contribution in [0.5, 0.6) is 0 Å². The van der Waals surface area contributed by atoms with Gasteiger partial charge in [0.1, 0.15) is 5.82 Å². The van der Waals surface area contributed by atoms with Crippen LogP contribution in [0.2, 0.25) is 0 Å². The zero-order valence-electron chi connectivity index (χ0n) is 10.7. The van der Waals surface area contributed by atoms with Crippen LogP contribution < -0.4 is 5.32 Å². The Morgan fingerprint density at radius 3 is 2.90 bits per heavy atom. The second kappa shape index (κ2) is 5.37. The third-order valence-electron chi connectivity index (χ3n) is 3.49. The topological polar surface area (TPSA) is 29.1 Å². The summed E-state index contributed by atoms with van der Waals surface area (Å²) in [5.74, 6) is -0.275. The first-order valence-electron chi connectivity index (χ1n) is 6.47. The van der Waals surface area contributed by atoms with Crippen molar-refractivity contribution in [1.29, 1.82) is 0 Å². The average Bonchev–Trinajstić information content (AvgIpc) is 2.90. The molecule has 0 spiro atoms. The number of hydrogen-bond donors (Lipinski definition) is 1. The van der Waals surface area contributed by atoms with Crippen molar-refractivity contribution in [2.24, 2.45) is 0 Å². The molecule has 0 bridgehead atoms. The molecular weight excluding hydrogens is 321 g/mol. The van der Waals surface area contributed by atoms with Crippen molar-refractivity contribution >= 4 is 27.4 Å². The van der Waals surface area contributed by atoms with Gasteiger partial charge in [-0.15, -0.1) is 0 Å². The van der Waals surface area contributed by atoms with Gasteiger partial charge in [-0.05, 0) is 51.7 Å². The zero-order chi connectivity index (χ0) is 14.1. The monoisotopic (exact) mass is 333 g/mol. The Kier molecular flexibility index (Phi) is 3.57. The van der Waals surface area contributed by atoms with E-state index in [4.69, 9.17) is 0 Å². The van der Waals surface area contributed by atoms with Crippen molar-refractivity contribution in [3.8, 4) is 0 Å². The molecule has 102 valence electrons. The summed E-state index contributed by atoms with van der Waals surface area (Å²) in [6.45, 7) is 0.928. The third-order valence-corrected chi connectivity index (χ3v) is 4.10. The molecule has 2 aromatic rings. The molecular formula is C16H13BrFNO. The molecule has 2 nitrogen and oxygen atoms in total. The first-order chi connectivity index (χ1) is 9.63. The molecule has 4 heteroatoms. The largest absolute Gasteiger partial charge is 0.384 e. The standard InChI is InChI=1S/C16H13BrFNO/c17-13-7-10(1-4-14(13)18)8-16(20)12-3-2-11-5-6-19-15(11)9-12/h1-4,7,9,19H,5-6,8H2. The predicted octanol–water partition coefficient (Wildman–Crippen LogP) is 3.98. The van der Waals surface area contributed by atoms with E-state index < -0.39 is 0 Å². The number of nitrogens with one attached hydrogen (secondary N) is 1. The number of halogens is 2. The lowest BCUT2D eigenvalue weighted by atomic mass is 10.0. The molecule has 0 aromatic heterocycles. The lowest BCUT2D eigenvalue weighted by molar-refractivity contribution is 0.0993. The summed E-state index contributed by atoms with van der Waals surface area (Å²) in [5.41, 5.74) is 3.80. The van der Waals surface area contributed by atoms with Crippen molar-refractivity contribution in [2.75, 3.05) is 11.9 Å². The van der Waals surface area contributed by atoms with Gasteiger partial charge in [-0.2, -0.15) is 0 Å². The number of carbonyl (C=O) groups excluding carboxylic acids is 1. The molecule has 0 atom stereocenters. The fraction of sp³-hybridized carbons (Fsp3) is 0.188. The number of Topliss-reactive ketones (excluding diaryl/α,β-unsaturated/α-hetero) is 1. The third kappa shape index (κ3) is 2.61. The Morgan fingerprint density at radius 1 is 1.25 bits per heavy atom. The number of ketones is 1. The number of rotatable bonds is 3. The van der Waals surface area contributed by atoms with E-state index in [1.54, 1.807) is 12.1 Å². The van der Waals surface area contributed by atoms with E-state index >= 15 is 0 Å². The van der Waals surface area contributed by atoms with Gasteiger partial charge in [0.25, 0.3) is 0 Å². The summed E-state index contributed by atoms with van der Waals surface area (Å²) < 4.78 is 13.6. The summed E-state index contributed by atoms with van der Waals surface area (Å²) in [6, 6.07) is 10.4. The van der Waals surface area contributed by atoms with Gasteiger partial charge < -0.3 is 5.32 Å². The Bertz CT molecular complexity index is 684. The smallest absolute Gasteiger partial charge is 0.167 e. The molecule has 1 aliphatic rings. The van der Waals surface area contributed by atoms with Gasteiger partial charge in [0, 0.05) is 24.2 Å². The van der Waals surface area contributed by atoms with Gasteiger partial charge in [0.15, 0.2) is 5.78 Å². The van der Waals surface area contributed by atoms with E-state index in [2.05, 4.69) is 21.2 Å². The van der Waals surface area contributed by atoms with Crippen LogP contribution in [-0.4, -0.2) is 12.3 Å². The van der Waals surface area contributed by atoms with Crippen LogP contribution in [0, 0.1) is 5.82 Å². The van der Waals surface area contributed by atoms with Crippen molar-refractivity contribution in [3.05, 3.63) is 63.4 Å². The zero-order valence-corrected chi connectivity index (χ0v) is 12.3. The van der Waals surface area contributed by atoms with Crippen LogP contribution in [-0.2, 0) is 12.8 Å². The molecule has 0 saturated carbocycles. The Morgan fingerprint density at radius 2 is 2.10 bits per heavy atom. The molecule has 1 aliphatic heterocycles. The number of anilines is 1. The average molecular weight is 334 g/mol. The molecule has 3 rings (SSSR count). The molecule has 0 amide bonds. The van der Waals surface area contributed by atoms with Gasteiger partial charge in [0.05, 0.1) is 4.47 Å². The van der Waals surface area contributed by atoms with Crippen molar-refractivity contribution < 1.29 is 9.18 Å². The SMILES string of the molecule is O=C(Cc1ccc(F)c(Br)c1)c1ccc2c(c1)NCC2. The highest BCUT2D eigenvalue weighted by Crippen LogP contribution is 2.24. The summed E-state index contributed by atoms with van der Waals surface area (Å²) in [7, 11) is 0. The minimum absolute atomic E-state index is 0.0417. The minimum Gasteiger partial charge on any atom is -0.384 e. The van der Waals surface area contributed by atoms with Crippen LogP contribution in [0.3, 0.4) is 0 Å². The van der Waals surface area contributed by atoms with Crippen LogP contribution in [0.15, 0.2) is 40.9 Å². The molecule has 0 radical (unpaired) electrons. The highest BCUT2D eigenvalue weighted by atomic mass is 79.9. The maximum absolute atomic E-state index is 13.2. The second-order valence-electron chi connectivity index (χ2n) is 4.90. The maximum Gasteiger partial charge on any atom is 0.167 e. The number of fused-ring (bicyclic) bond motifs is 1. The molecule has 0 saturated heterocycles. The van der Waals surface area contributed by atoms with Crippen molar-refractivity contribution in [2.45, 2.75) is 12.8 Å². The Hall–Kier alpha value is -1.68. The van der Waals surface area contributed by atoms with E-state index in [-0.39, 0.29) is 18.0 Å². The van der Waals surface area contributed by atoms with Gasteiger partial charge in [-0.1, -0.05) is 18.2 Å². The van der Waals surface area contributed by atoms with E-state index in [9.17, 15) is 9.18 Å². The van der Waals surface area contributed by atoms with E-state index in [0.717, 1.165) is 24.2 Å². The summed E-state index contributed by atoms with van der Waals surface area (Å²) in [4.78, 5) is 12.3. The van der Waals surface area contributed by atoms with Gasteiger partial charge in [0.2, 0.25) is 0 Å². The minimum atomic E-state index is -0.317. The maximum atomic E-state index is 13.2. The lowest BCUT2D eigenvalue weighted by Crippen LogP contribution is -2.04. The number of benzene rings is 2. The molecule has 0 fully saturated rings. The van der Waals surface area contributed by atoms with Crippen LogP contribution in [0.4, 0.5) is 10.1 Å². The van der Waals surface area contributed by atoms with Crippen molar-refractivity contribution in [3.63, 3.8) is 0 Å². The highest BCUT2D eigenvalue weighted by molar-refractivity contribution is 9.10. The van der Waals surface area contributed by atoms with Gasteiger partial charge in [-0.3, -0.25) is 4.79 Å². The quantitative estimate of drug-likeness (QED) is 0.861. The molecule has 2 aromatic carbocycles. The van der Waals surface area contributed by atoms with Gasteiger partial charge in [-0.25, -0.2) is 4.39 Å². The van der Waals surface area contributed by atoms with E-state index in [1.807, 2.05) is 18.2 Å². The summed E-state index contributed by atoms with van der Waals surface area (Å²) in [6.07, 6.45) is 1.28. The molecule has 0 unspecified atom stereocenters. The summed E-state index contributed by atoms with van der Waals surface area (Å²) in [5, 5.41) is 3.27. The normalized spacial score (nSPS) is 12.9. The van der Waals surface area contributed by atoms with E-state index in [0.29, 0.717) is 10.0 Å². The Balaban J connectivity index is 1.80. The van der Waals surface area contributed by atoms with Gasteiger partial charge >= 0.3 is 0 Å². The molecule has 1 N–H and O–H groups in total. The van der Waals surface area contributed by atoms with Crippen molar-refractivity contribution in [1.82, 2.24) is 0 Å². The first-order valence-corrected chi connectivity index (χ1v) is 7.27. The molecule has 1 heterocycles. The lowest BCUT2D eigenvalue weighted by Gasteiger charge is -2.05. The summed E-state index contributed by atoms with van der Waals surface area (Å²) >= 11 is 3.14. The number of carbonyl (C=O) groups is 1. The Labute approximate surface area is 125 Å². The van der Waals surface area contributed by atoms with E-state index in [1.165, 1.54) is 11.6 Å². The second-order valence-corrected chi connectivity index (χ2v) is 5.75. The number of hydrogen-bond acceptors (Lipinski definition) is 2. The highest BCUT2D eigenvalue weighted by Gasteiger charge is 2.14. The fourth-order valence-corrected chi connectivity index (χ4v) is 2.83. The predicted molar refractivity (Wildman–Crippen MR) is 80.8 cm³/mol. The van der Waals surface area contributed by atoms with Crippen LogP contribution >= 0.6 is 15.9 Å². The fourth-order valence-electron chi connectivity index (χ4n) is 2.40. The molecule has 20 heavy (non-hydrogen) atoms.